The Hall–Kier alpha value is -0.300. The number of nitrogens with one attached hydrogen (secondary N) is 1. The van der Waals surface area contributed by atoms with E-state index in [1.165, 1.54) is 24.8 Å². The summed E-state index contributed by atoms with van der Waals surface area (Å²) in [7, 11) is 0. The van der Waals surface area contributed by atoms with E-state index < -0.39 is 0 Å². The highest BCUT2D eigenvalue weighted by atomic mass is 14.9. The minimum Gasteiger partial charge on any atom is -0.311 e. The normalized spacial score (nSPS) is 21.1. The first-order valence-corrected chi connectivity index (χ1v) is 5.15. The number of hydrogen-bond acceptors (Lipinski definition) is 1. The summed E-state index contributed by atoms with van der Waals surface area (Å²) < 4.78 is 0. The van der Waals surface area contributed by atoms with Crippen LogP contribution in [-0.2, 0) is 0 Å². The van der Waals surface area contributed by atoms with Crippen LogP contribution in [0, 0.1) is 5.92 Å². The van der Waals surface area contributed by atoms with Crippen molar-refractivity contribution in [2.24, 2.45) is 5.92 Å². The molecule has 0 aromatic carbocycles. The third-order valence-corrected chi connectivity index (χ3v) is 2.50. The maximum atomic E-state index is 3.50. The SMILES string of the molecule is CCCNC(C)C(C)=CC1CC1. The monoisotopic (exact) mass is 167 g/mol. The van der Waals surface area contributed by atoms with E-state index in [2.05, 4.69) is 32.2 Å². The van der Waals surface area contributed by atoms with Crippen LogP contribution in [-0.4, -0.2) is 12.6 Å². The summed E-state index contributed by atoms with van der Waals surface area (Å²) in [5.41, 5.74) is 1.52. The van der Waals surface area contributed by atoms with Crippen molar-refractivity contribution in [2.75, 3.05) is 6.54 Å². The summed E-state index contributed by atoms with van der Waals surface area (Å²) in [5, 5.41) is 3.50. The van der Waals surface area contributed by atoms with Crippen molar-refractivity contribution in [3.05, 3.63) is 11.6 Å². The zero-order chi connectivity index (χ0) is 8.97. The van der Waals surface area contributed by atoms with Crippen molar-refractivity contribution in [3.8, 4) is 0 Å². The average Bonchev–Trinajstić information content (AvgIpc) is 2.83. The summed E-state index contributed by atoms with van der Waals surface area (Å²) >= 11 is 0. The largest absolute Gasteiger partial charge is 0.311 e. The van der Waals surface area contributed by atoms with Gasteiger partial charge in [0, 0.05) is 6.04 Å². The maximum Gasteiger partial charge on any atom is 0.0248 e. The van der Waals surface area contributed by atoms with Crippen molar-refractivity contribution < 1.29 is 0 Å². The highest BCUT2D eigenvalue weighted by Gasteiger charge is 2.19. The van der Waals surface area contributed by atoms with E-state index in [1.54, 1.807) is 0 Å². The van der Waals surface area contributed by atoms with Crippen molar-refractivity contribution in [2.45, 2.75) is 46.1 Å². The van der Waals surface area contributed by atoms with Crippen LogP contribution in [0.3, 0.4) is 0 Å². The topological polar surface area (TPSA) is 12.0 Å². The highest BCUT2D eigenvalue weighted by molar-refractivity contribution is 5.11. The minimum absolute atomic E-state index is 0.575. The first-order valence-electron chi connectivity index (χ1n) is 5.15. The predicted octanol–water partition coefficient (Wildman–Crippen LogP) is 2.73. The Morgan fingerprint density at radius 1 is 1.58 bits per heavy atom. The van der Waals surface area contributed by atoms with E-state index in [-0.39, 0.29) is 0 Å². The lowest BCUT2D eigenvalue weighted by molar-refractivity contribution is 0.599. The summed E-state index contributed by atoms with van der Waals surface area (Å²) in [5.74, 6) is 0.913. The molecule has 0 aromatic rings. The van der Waals surface area contributed by atoms with Gasteiger partial charge in [-0.1, -0.05) is 18.6 Å². The average molecular weight is 167 g/mol. The maximum absolute atomic E-state index is 3.50. The molecule has 0 aliphatic heterocycles. The van der Waals surface area contributed by atoms with Gasteiger partial charge in [0.25, 0.3) is 0 Å². The zero-order valence-electron chi connectivity index (χ0n) is 8.56. The molecule has 0 aromatic heterocycles. The molecule has 1 aliphatic carbocycles. The van der Waals surface area contributed by atoms with E-state index in [9.17, 15) is 0 Å². The van der Waals surface area contributed by atoms with E-state index in [0.29, 0.717) is 6.04 Å². The first-order chi connectivity index (χ1) is 5.74. The molecule has 1 aliphatic rings. The van der Waals surface area contributed by atoms with E-state index in [0.717, 1.165) is 12.5 Å². The van der Waals surface area contributed by atoms with Gasteiger partial charge in [0.05, 0.1) is 0 Å². The van der Waals surface area contributed by atoms with Crippen molar-refractivity contribution >= 4 is 0 Å². The summed E-state index contributed by atoms with van der Waals surface area (Å²) in [6, 6.07) is 0.575. The fourth-order valence-corrected chi connectivity index (χ4v) is 1.30. The fraction of sp³-hybridized carbons (Fsp3) is 0.818. The summed E-state index contributed by atoms with van der Waals surface area (Å²) in [6.45, 7) is 7.84. The van der Waals surface area contributed by atoms with E-state index in [1.807, 2.05) is 0 Å². The molecule has 0 amide bonds. The van der Waals surface area contributed by atoms with Crippen LogP contribution >= 0.6 is 0 Å². The second-order valence-corrected chi connectivity index (χ2v) is 3.92. The van der Waals surface area contributed by atoms with Crippen molar-refractivity contribution in [3.63, 3.8) is 0 Å². The molecule has 1 nitrogen and oxygen atoms in total. The third kappa shape index (κ3) is 3.40. The number of allylic oxidation sites excluding steroid dienone is 1. The van der Waals surface area contributed by atoms with Gasteiger partial charge in [-0.05, 0) is 45.6 Å². The molecule has 1 atom stereocenters. The van der Waals surface area contributed by atoms with Crippen LogP contribution in [0.25, 0.3) is 0 Å². The molecule has 12 heavy (non-hydrogen) atoms. The van der Waals surface area contributed by atoms with Gasteiger partial charge in [-0.3, -0.25) is 0 Å². The van der Waals surface area contributed by atoms with Crippen molar-refractivity contribution in [1.29, 1.82) is 0 Å². The van der Waals surface area contributed by atoms with Gasteiger partial charge in [-0.15, -0.1) is 0 Å². The lowest BCUT2D eigenvalue weighted by atomic mass is 10.1. The van der Waals surface area contributed by atoms with E-state index >= 15 is 0 Å². The van der Waals surface area contributed by atoms with Crippen LogP contribution in [0.2, 0.25) is 0 Å². The van der Waals surface area contributed by atoms with Crippen LogP contribution < -0.4 is 5.32 Å². The molecule has 0 heterocycles. The van der Waals surface area contributed by atoms with Gasteiger partial charge in [0.2, 0.25) is 0 Å². The lowest BCUT2D eigenvalue weighted by Gasteiger charge is -2.13. The summed E-state index contributed by atoms with van der Waals surface area (Å²) in [6.07, 6.45) is 6.49. The van der Waals surface area contributed by atoms with Gasteiger partial charge in [-0.25, -0.2) is 0 Å². The second kappa shape index (κ2) is 4.66. The lowest BCUT2D eigenvalue weighted by Crippen LogP contribution is -2.27. The zero-order valence-corrected chi connectivity index (χ0v) is 8.56. The van der Waals surface area contributed by atoms with E-state index in [4.69, 9.17) is 0 Å². The van der Waals surface area contributed by atoms with Gasteiger partial charge in [0.15, 0.2) is 0 Å². The smallest absolute Gasteiger partial charge is 0.0248 e. The molecular weight excluding hydrogens is 146 g/mol. The number of hydrogen-bond donors (Lipinski definition) is 1. The molecule has 1 rings (SSSR count). The molecule has 0 saturated heterocycles. The fourth-order valence-electron chi connectivity index (χ4n) is 1.30. The molecule has 1 unspecified atom stereocenters. The standard InChI is InChI=1S/C11H21N/c1-4-7-12-10(3)9(2)8-11-5-6-11/h8,10-12H,4-7H2,1-3H3. The van der Waals surface area contributed by atoms with Gasteiger partial charge < -0.3 is 5.32 Å². The van der Waals surface area contributed by atoms with Gasteiger partial charge >= 0.3 is 0 Å². The molecule has 1 fully saturated rings. The van der Waals surface area contributed by atoms with Crippen LogP contribution in [0.5, 0.6) is 0 Å². The Labute approximate surface area is 76.2 Å². The van der Waals surface area contributed by atoms with Crippen LogP contribution in [0.4, 0.5) is 0 Å². The predicted molar refractivity (Wildman–Crippen MR) is 54.2 cm³/mol. The Morgan fingerprint density at radius 3 is 2.75 bits per heavy atom. The molecule has 0 radical (unpaired) electrons. The molecule has 70 valence electrons. The third-order valence-electron chi connectivity index (χ3n) is 2.50. The Balaban J connectivity index is 2.23. The minimum atomic E-state index is 0.575. The van der Waals surface area contributed by atoms with Crippen molar-refractivity contribution in [1.82, 2.24) is 5.32 Å². The Morgan fingerprint density at radius 2 is 2.25 bits per heavy atom. The summed E-state index contributed by atoms with van der Waals surface area (Å²) in [4.78, 5) is 0. The molecule has 0 bridgehead atoms. The number of rotatable bonds is 5. The van der Waals surface area contributed by atoms with Crippen LogP contribution in [0.15, 0.2) is 11.6 Å². The quantitative estimate of drug-likeness (QED) is 0.621. The molecular formula is C11H21N. The Bertz CT molecular complexity index is 156. The van der Waals surface area contributed by atoms with Gasteiger partial charge in [-0.2, -0.15) is 0 Å². The first kappa shape index (κ1) is 9.79. The molecule has 1 saturated carbocycles. The molecule has 1 heteroatoms. The second-order valence-electron chi connectivity index (χ2n) is 3.92. The van der Waals surface area contributed by atoms with Gasteiger partial charge in [0.1, 0.15) is 0 Å². The van der Waals surface area contributed by atoms with Crippen LogP contribution in [0.1, 0.15) is 40.0 Å². The molecule has 0 spiro atoms. The molecule has 1 N–H and O–H groups in total. The Kier molecular flexibility index (Phi) is 3.80. The highest BCUT2D eigenvalue weighted by Crippen LogP contribution is 2.31.